The van der Waals surface area contributed by atoms with Crippen LogP contribution >= 0.6 is 0 Å². The monoisotopic (exact) mass is 338 g/mol. The Morgan fingerprint density at radius 3 is 2.83 bits per heavy atom. The molecule has 0 amide bonds. The molecular formula is C16H20F2N4O2. The number of nitrogens with zero attached hydrogens (tertiary/aromatic N) is 3. The number of nitrogens with one attached hydrogen (secondary N) is 1. The SMILES string of the molecule is O=c1[nH]c(CC2CCOC2)nc2c1cnn2C1CCC(F)(F)CC1. The van der Waals surface area contributed by atoms with Gasteiger partial charge < -0.3 is 9.72 Å². The minimum absolute atomic E-state index is 0.126. The first-order valence-electron chi connectivity index (χ1n) is 8.44. The van der Waals surface area contributed by atoms with Crippen molar-refractivity contribution in [2.45, 2.75) is 50.5 Å². The summed E-state index contributed by atoms with van der Waals surface area (Å²) < 4.78 is 33.8. The van der Waals surface area contributed by atoms with E-state index in [1.165, 1.54) is 6.20 Å². The van der Waals surface area contributed by atoms with Gasteiger partial charge in [-0.3, -0.25) is 4.79 Å². The summed E-state index contributed by atoms with van der Waals surface area (Å²) in [5.74, 6) is -1.61. The second kappa shape index (κ2) is 5.91. The number of hydrogen-bond acceptors (Lipinski definition) is 4. The number of rotatable bonds is 3. The fourth-order valence-corrected chi connectivity index (χ4v) is 3.63. The molecule has 1 N–H and O–H groups in total. The average molecular weight is 338 g/mol. The van der Waals surface area contributed by atoms with Crippen molar-refractivity contribution in [1.82, 2.24) is 19.7 Å². The largest absolute Gasteiger partial charge is 0.381 e. The number of hydrogen-bond donors (Lipinski definition) is 1. The lowest BCUT2D eigenvalue weighted by Gasteiger charge is -2.28. The molecule has 1 aliphatic heterocycles. The van der Waals surface area contributed by atoms with Gasteiger partial charge in [0.15, 0.2) is 5.65 Å². The molecule has 2 aromatic heterocycles. The van der Waals surface area contributed by atoms with Gasteiger partial charge in [0.1, 0.15) is 11.2 Å². The van der Waals surface area contributed by atoms with Gasteiger partial charge in [-0.2, -0.15) is 5.10 Å². The van der Waals surface area contributed by atoms with Crippen LogP contribution in [0.5, 0.6) is 0 Å². The maximum absolute atomic E-state index is 13.4. The highest BCUT2D eigenvalue weighted by molar-refractivity contribution is 5.73. The molecule has 0 spiro atoms. The maximum Gasteiger partial charge on any atom is 0.262 e. The van der Waals surface area contributed by atoms with E-state index >= 15 is 0 Å². The Morgan fingerprint density at radius 2 is 2.12 bits per heavy atom. The van der Waals surface area contributed by atoms with E-state index in [1.54, 1.807) is 4.68 Å². The van der Waals surface area contributed by atoms with Crippen LogP contribution in [0.2, 0.25) is 0 Å². The highest BCUT2D eigenvalue weighted by Crippen LogP contribution is 2.38. The van der Waals surface area contributed by atoms with Crippen molar-refractivity contribution in [1.29, 1.82) is 0 Å². The first kappa shape index (κ1) is 15.7. The van der Waals surface area contributed by atoms with E-state index in [9.17, 15) is 13.6 Å². The minimum atomic E-state index is -2.59. The van der Waals surface area contributed by atoms with Crippen LogP contribution in [-0.2, 0) is 11.2 Å². The van der Waals surface area contributed by atoms with E-state index in [0.29, 0.717) is 48.6 Å². The molecule has 1 saturated heterocycles. The van der Waals surface area contributed by atoms with Crippen molar-refractivity contribution in [2.24, 2.45) is 5.92 Å². The lowest BCUT2D eigenvalue weighted by atomic mass is 9.92. The molecule has 1 unspecified atom stereocenters. The zero-order valence-corrected chi connectivity index (χ0v) is 13.3. The highest BCUT2D eigenvalue weighted by Gasteiger charge is 2.36. The molecule has 24 heavy (non-hydrogen) atoms. The quantitative estimate of drug-likeness (QED) is 0.933. The number of halogens is 2. The fourth-order valence-electron chi connectivity index (χ4n) is 3.63. The van der Waals surface area contributed by atoms with Gasteiger partial charge in [0, 0.05) is 32.5 Å². The first-order chi connectivity index (χ1) is 11.5. The lowest BCUT2D eigenvalue weighted by molar-refractivity contribution is -0.0446. The molecular weight excluding hydrogens is 318 g/mol. The first-order valence-corrected chi connectivity index (χ1v) is 8.44. The van der Waals surface area contributed by atoms with Gasteiger partial charge in [-0.15, -0.1) is 0 Å². The van der Waals surface area contributed by atoms with Crippen LogP contribution in [0, 0.1) is 5.92 Å². The molecule has 8 heteroatoms. The van der Waals surface area contributed by atoms with Gasteiger partial charge in [-0.05, 0) is 25.2 Å². The molecule has 1 saturated carbocycles. The third-order valence-corrected chi connectivity index (χ3v) is 5.05. The van der Waals surface area contributed by atoms with Crippen molar-refractivity contribution < 1.29 is 13.5 Å². The van der Waals surface area contributed by atoms with E-state index < -0.39 is 5.92 Å². The van der Waals surface area contributed by atoms with Crippen molar-refractivity contribution in [3.8, 4) is 0 Å². The molecule has 1 atom stereocenters. The fraction of sp³-hybridized carbons (Fsp3) is 0.688. The van der Waals surface area contributed by atoms with Crippen molar-refractivity contribution in [3.63, 3.8) is 0 Å². The molecule has 6 nitrogen and oxygen atoms in total. The smallest absolute Gasteiger partial charge is 0.262 e. The zero-order valence-electron chi connectivity index (χ0n) is 13.3. The van der Waals surface area contributed by atoms with Crippen LogP contribution < -0.4 is 5.56 Å². The van der Waals surface area contributed by atoms with Crippen LogP contribution in [0.3, 0.4) is 0 Å². The van der Waals surface area contributed by atoms with E-state index in [1.807, 2.05) is 0 Å². The molecule has 2 aliphatic rings. The Balaban J connectivity index is 1.64. The molecule has 1 aliphatic carbocycles. The highest BCUT2D eigenvalue weighted by atomic mass is 19.3. The number of fused-ring (bicyclic) bond motifs is 1. The second-order valence-electron chi connectivity index (χ2n) is 6.86. The number of H-pyrrole nitrogens is 1. The van der Waals surface area contributed by atoms with E-state index in [-0.39, 0.29) is 24.4 Å². The van der Waals surface area contributed by atoms with Gasteiger partial charge in [0.05, 0.1) is 12.2 Å². The van der Waals surface area contributed by atoms with Gasteiger partial charge in [0.2, 0.25) is 5.92 Å². The summed E-state index contributed by atoms with van der Waals surface area (Å²) >= 11 is 0. The number of ether oxygens (including phenoxy) is 1. The predicted molar refractivity (Wildman–Crippen MR) is 83.2 cm³/mol. The van der Waals surface area contributed by atoms with Gasteiger partial charge >= 0.3 is 0 Å². The predicted octanol–water partition coefficient (Wildman–Crippen LogP) is 2.45. The molecule has 0 aromatic carbocycles. The van der Waals surface area contributed by atoms with Gasteiger partial charge in [-0.25, -0.2) is 18.4 Å². The Kier molecular flexibility index (Phi) is 3.86. The average Bonchev–Trinajstić information content (AvgIpc) is 3.17. The standard InChI is InChI=1S/C16H20F2N4O2/c17-16(18)4-1-11(2-5-16)22-14-12(8-19-22)15(23)21-13(20-14)7-10-3-6-24-9-10/h8,10-11H,1-7,9H2,(H,20,21,23). The zero-order chi connectivity index (χ0) is 16.7. The third kappa shape index (κ3) is 2.94. The summed E-state index contributed by atoms with van der Waals surface area (Å²) in [6.07, 6.45) is 3.51. The molecule has 4 rings (SSSR count). The Bertz CT molecular complexity index is 785. The molecule has 130 valence electrons. The Labute approximate surface area is 137 Å². The van der Waals surface area contributed by atoms with Crippen LogP contribution in [0.1, 0.15) is 44.0 Å². The van der Waals surface area contributed by atoms with Crippen molar-refractivity contribution >= 4 is 11.0 Å². The van der Waals surface area contributed by atoms with Gasteiger partial charge in [0.25, 0.3) is 5.56 Å². The van der Waals surface area contributed by atoms with E-state index in [0.717, 1.165) is 13.0 Å². The summed E-state index contributed by atoms with van der Waals surface area (Å²) in [7, 11) is 0. The normalized spacial score (nSPS) is 24.7. The molecule has 2 fully saturated rings. The second-order valence-corrected chi connectivity index (χ2v) is 6.86. The van der Waals surface area contributed by atoms with Crippen LogP contribution in [0.25, 0.3) is 11.0 Å². The number of aromatic nitrogens is 4. The Hall–Kier alpha value is -1.83. The van der Waals surface area contributed by atoms with E-state index in [4.69, 9.17) is 4.74 Å². The topological polar surface area (TPSA) is 72.8 Å². The lowest BCUT2D eigenvalue weighted by Crippen LogP contribution is -2.27. The van der Waals surface area contributed by atoms with Crippen molar-refractivity contribution in [2.75, 3.05) is 13.2 Å². The summed E-state index contributed by atoms with van der Waals surface area (Å²) in [6.45, 7) is 1.42. The summed E-state index contributed by atoms with van der Waals surface area (Å²) in [5, 5.41) is 4.68. The molecule has 2 aromatic rings. The summed E-state index contributed by atoms with van der Waals surface area (Å²) in [5.41, 5.74) is 0.282. The molecule has 3 heterocycles. The molecule has 0 radical (unpaired) electrons. The van der Waals surface area contributed by atoms with Gasteiger partial charge in [-0.1, -0.05) is 0 Å². The number of aromatic amines is 1. The number of alkyl halides is 2. The Morgan fingerprint density at radius 1 is 1.33 bits per heavy atom. The van der Waals surface area contributed by atoms with Crippen LogP contribution in [0.4, 0.5) is 8.78 Å². The van der Waals surface area contributed by atoms with Crippen molar-refractivity contribution in [3.05, 3.63) is 22.4 Å². The summed E-state index contributed by atoms with van der Waals surface area (Å²) in [6, 6.07) is -0.126. The van der Waals surface area contributed by atoms with Crippen LogP contribution in [-0.4, -0.2) is 38.9 Å². The summed E-state index contributed by atoms with van der Waals surface area (Å²) in [4.78, 5) is 19.7. The maximum atomic E-state index is 13.4. The minimum Gasteiger partial charge on any atom is -0.381 e. The van der Waals surface area contributed by atoms with Crippen LogP contribution in [0.15, 0.2) is 11.0 Å². The van der Waals surface area contributed by atoms with E-state index in [2.05, 4.69) is 15.1 Å². The molecule has 0 bridgehead atoms. The third-order valence-electron chi connectivity index (χ3n) is 5.05.